The largest absolute Gasteiger partial charge is 0.389 e. The molecule has 0 spiro atoms. The molecular weight excluding hydrogens is 212 g/mol. The van der Waals surface area contributed by atoms with Gasteiger partial charge in [-0.15, -0.1) is 0 Å². The van der Waals surface area contributed by atoms with E-state index in [1.165, 1.54) is 10.9 Å². The third kappa shape index (κ3) is 3.25. The van der Waals surface area contributed by atoms with Crippen molar-refractivity contribution < 1.29 is 5.11 Å². The molecule has 1 aromatic heterocycles. The molecule has 1 heterocycles. The van der Waals surface area contributed by atoms with Gasteiger partial charge in [-0.25, -0.2) is 0 Å². The summed E-state index contributed by atoms with van der Waals surface area (Å²) in [5.41, 5.74) is 0.556. The second-order valence-corrected chi connectivity index (χ2v) is 4.93. The number of rotatable bonds is 4. The van der Waals surface area contributed by atoms with E-state index in [4.69, 9.17) is 0 Å². The van der Waals surface area contributed by atoms with Gasteiger partial charge in [0.25, 0.3) is 0 Å². The molecular formula is C14H18N2O. The number of benzene rings is 1. The summed E-state index contributed by atoms with van der Waals surface area (Å²) >= 11 is 0. The van der Waals surface area contributed by atoms with Gasteiger partial charge in [0.15, 0.2) is 0 Å². The van der Waals surface area contributed by atoms with Crippen molar-refractivity contribution in [1.29, 1.82) is 0 Å². The van der Waals surface area contributed by atoms with Gasteiger partial charge >= 0.3 is 0 Å². The molecule has 3 heteroatoms. The van der Waals surface area contributed by atoms with E-state index in [1.54, 1.807) is 13.8 Å². The molecule has 2 N–H and O–H groups in total. The topological polar surface area (TPSA) is 45.1 Å². The summed E-state index contributed by atoms with van der Waals surface area (Å²) in [5, 5.41) is 15.3. The maximum Gasteiger partial charge on any atom is 0.0715 e. The zero-order valence-corrected chi connectivity index (χ0v) is 10.3. The molecule has 3 nitrogen and oxygen atoms in total. The molecule has 0 atom stereocenters. The minimum absolute atomic E-state index is 0.578. The van der Waals surface area contributed by atoms with Crippen molar-refractivity contribution in [2.75, 3.05) is 6.54 Å². The van der Waals surface area contributed by atoms with Gasteiger partial charge in [-0.1, -0.05) is 18.2 Å². The molecule has 0 aliphatic rings. The van der Waals surface area contributed by atoms with Crippen LogP contribution in [0.2, 0.25) is 0 Å². The maximum atomic E-state index is 9.64. The fourth-order valence-electron chi connectivity index (χ4n) is 1.85. The summed E-state index contributed by atoms with van der Waals surface area (Å²) in [6.45, 7) is 4.93. The quantitative estimate of drug-likeness (QED) is 0.845. The molecule has 0 amide bonds. The first kappa shape index (κ1) is 12.0. The van der Waals surface area contributed by atoms with E-state index in [0.717, 1.165) is 11.9 Å². The van der Waals surface area contributed by atoms with Gasteiger partial charge in [0.1, 0.15) is 0 Å². The molecule has 0 aliphatic carbocycles. The lowest BCUT2D eigenvalue weighted by atomic mass is 10.1. The SMILES string of the molecule is CC(C)(O)CNCc1cccc2cnccc12. The van der Waals surface area contributed by atoms with Crippen LogP contribution in [0.15, 0.2) is 36.7 Å². The molecule has 1 aromatic carbocycles. The number of nitrogens with one attached hydrogen (secondary N) is 1. The lowest BCUT2D eigenvalue weighted by molar-refractivity contribution is 0.0795. The first-order valence-corrected chi connectivity index (χ1v) is 5.81. The lowest BCUT2D eigenvalue weighted by Crippen LogP contribution is -2.34. The molecule has 0 saturated heterocycles. The summed E-state index contributed by atoms with van der Waals surface area (Å²) in [7, 11) is 0. The van der Waals surface area contributed by atoms with Crippen LogP contribution in [-0.4, -0.2) is 22.2 Å². The van der Waals surface area contributed by atoms with E-state index in [-0.39, 0.29) is 0 Å². The van der Waals surface area contributed by atoms with Crippen LogP contribution in [0.1, 0.15) is 19.4 Å². The van der Waals surface area contributed by atoms with Gasteiger partial charge in [0, 0.05) is 30.9 Å². The Balaban J connectivity index is 2.13. The Morgan fingerprint density at radius 3 is 2.88 bits per heavy atom. The molecule has 0 radical (unpaired) electrons. The Morgan fingerprint density at radius 1 is 1.29 bits per heavy atom. The minimum atomic E-state index is -0.674. The summed E-state index contributed by atoms with van der Waals surface area (Å²) in [6, 6.07) is 8.21. The predicted octanol–water partition coefficient (Wildman–Crippen LogP) is 2.10. The van der Waals surface area contributed by atoms with Crippen molar-refractivity contribution in [3.63, 3.8) is 0 Å². The van der Waals surface area contributed by atoms with E-state index in [9.17, 15) is 5.11 Å². The number of hydrogen-bond donors (Lipinski definition) is 2. The second kappa shape index (κ2) is 4.82. The summed E-state index contributed by atoms with van der Waals surface area (Å²) < 4.78 is 0. The summed E-state index contributed by atoms with van der Waals surface area (Å²) in [5.74, 6) is 0. The van der Waals surface area contributed by atoms with Crippen LogP contribution in [-0.2, 0) is 6.54 Å². The van der Waals surface area contributed by atoms with Gasteiger partial charge in [-0.05, 0) is 30.9 Å². The molecule has 2 rings (SSSR count). The standard InChI is InChI=1S/C14H18N2O/c1-14(2,17)10-16-9-12-5-3-4-11-8-15-7-6-13(11)12/h3-8,16-17H,9-10H2,1-2H3. The van der Waals surface area contributed by atoms with Crippen LogP contribution in [0, 0.1) is 0 Å². The highest BCUT2D eigenvalue weighted by Crippen LogP contribution is 2.17. The number of pyridine rings is 1. The molecule has 0 saturated carbocycles. The molecule has 17 heavy (non-hydrogen) atoms. The first-order valence-electron chi connectivity index (χ1n) is 5.81. The van der Waals surface area contributed by atoms with Gasteiger partial charge < -0.3 is 10.4 Å². The Hall–Kier alpha value is -1.45. The average Bonchev–Trinajstić information content (AvgIpc) is 2.28. The Kier molecular flexibility index (Phi) is 3.41. The van der Waals surface area contributed by atoms with Crippen molar-refractivity contribution >= 4 is 10.8 Å². The monoisotopic (exact) mass is 230 g/mol. The van der Waals surface area contributed by atoms with Crippen molar-refractivity contribution in [2.45, 2.75) is 26.0 Å². The van der Waals surface area contributed by atoms with Crippen LogP contribution < -0.4 is 5.32 Å². The molecule has 0 unspecified atom stereocenters. The molecule has 0 bridgehead atoms. The average molecular weight is 230 g/mol. The van der Waals surface area contributed by atoms with Crippen molar-refractivity contribution in [2.24, 2.45) is 0 Å². The number of hydrogen-bond acceptors (Lipinski definition) is 3. The van der Waals surface area contributed by atoms with Gasteiger partial charge in [-0.3, -0.25) is 4.98 Å². The number of aliphatic hydroxyl groups is 1. The summed E-state index contributed by atoms with van der Waals surface area (Å²) in [6.07, 6.45) is 3.68. The van der Waals surface area contributed by atoms with E-state index in [1.807, 2.05) is 24.5 Å². The summed E-state index contributed by atoms with van der Waals surface area (Å²) in [4.78, 5) is 4.11. The normalized spacial score (nSPS) is 11.9. The van der Waals surface area contributed by atoms with Crippen molar-refractivity contribution in [1.82, 2.24) is 10.3 Å². The van der Waals surface area contributed by atoms with Gasteiger partial charge in [0.05, 0.1) is 5.60 Å². The predicted molar refractivity (Wildman–Crippen MR) is 69.7 cm³/mol. The second-order valence-electron chi connectivity index (χ2n) is 4.93. The van der Waals surface area contributed by atoms with Crippen LogP contribution in [0.25, 0.3) is 10.8 Å². The zero-order chi connectivity index (χ0) is 12.3. The van der Waals surface area contributed by atoms with Crippen LogP contribution in [0.5, 0.6) is 0 Å². The van der Waals surface area contributed by atoms with Gasteiger partial charge in [0.2, 0.25) is 0 Å². The Labute approximate surface area is 102 Å². The highest BCUT2D eigenvalue weighted by atomic mass is 16.3. The molecule has 2 aromatic rings. The minimum Gasteiger partial charge on any atom is -0.389 e. The number of aromatic nitrogens is 1. The van der Waals surface area contributed by atoms with Crippen molar-refractivity contribution in [3.05, 3.63) is 42.2 Å². The Bertz CT molecular complexity index is 498. The zero-order valence-electron chi connectivity index (χ0n) is 10.3. The molecule has 90 valence electrons. The van der Waals surface area contributed by atoms with E-state index in [2.05, 4.69) is 22.4 Å². The van der Waals surface area contributed by atoms with Gasteiger partial charge in [-0.2, -0.15) is 0 Å². The molecule has 0 fully saturated rings. The molecule has 0 aliphatic heterocycles. The van der Waals surface area contributed by atoms with Crippen molar-refractivity contribution in [3.8, 4) is 0 Å². The third-order valence-corrected chi connectivity index (χ3v) is 2.64. The highest BCUT2D eigenvalue weighted by molar-refractivity contribution is 5.84. The van der Waals surface area contributed by atoms with Crippen LogP contribution >= 0.6 is 0 Å². The number of fused-ring (bicyclic) bond motifs is 1. The maximum absolute atomic E-state index is 9.64. The fraction of sp³-hybridized carbons (Fsp3) is 0.357. The smallest absolute Gasteiger partial charge is 0.0715 e. The van der Waals surface area contributed by atoms with E-state index >= 15 is 0 Å². The Morgan fingerprint density at radius 2 is 2.12 bits per heavy atom. The van der Waals surface area contributed by atoms with E-state index < -0.39 is 5.60 Å². The van der Waals surface area contributed by atoms with E-state index in [0.29, 0.717) is 6.54 Å². The van der Waals surface area contributed by atoms with Crippen LogP contribution in [0.4, 0.5) is 0 Å². The third-order valence-electron chi connectivity index (χ3n) is 2.64. The lowest BCUT2D eigenvalue weighted by Gasteiger charge is -2.18. The number of nitrogens with zero attached hydrogens (tertiary/aromatic N) is 1. The fourth-order valence-corrected chi connectivity index (χ4v) is 1.85. The highest BCUT2D eigenvalue weighted by Gasteiger charge is 2.11. The van der Waals surface area contributed by atoms with Crippen LogP contribution in [0.3, 0.4) is 0 Å². The first-order chi connectivity index (χ1) is 8.06.